The van der Waals surface area contributed by atoms with Crippen LogP contribution in [0, 0.1) is 0 Å². The highest BCUT2D eigenvalue weighted by Gasteiger charge is 2.25. The van der Waals surface area contributed by atoms with Gasteiger partial charge in [-0.15, -0.1) is 0 Å². The fraction of sp³-hybridized carbons (Fsp3) is 0.700. The molecule has 0 bridgehead atoms. The van der Waals surface area contributed by atoms with Gasteiger partial charge in [0.25, 0.3) is 0 Å². The molecule has 1 aliphatic rings. The molecule has 5 nitrogen and oxygen atoms in total. The summed E-state index contributed by atoms with van der Waals surface area (Å²) < 4.78 is 26.6. The van der Waals surface area contributed by atoms with Crippen LogP contribution < -0.4 is 4.72 Å². The Bertz CT molecular complexity index is 436. The predicted octanol–water partition coefficient (Wildman–Crippen LogP) is 1.36. The van der Waals surface area contributed by atoms with Crippen LogP contribution in [0.5, 0.6) is 0 Å². The van der Waals surface area contributed by atoms with E-state index >= 15 is 0 Å². The van der Waals surface area contributed by atoms with E-state index in [4.69, 9.17) is 0 Å². The molecule has 0 atom stereocenters. The molecule has 0 aromatic carbocycles. The first-order valence-corrected chi connectivity index (χ1v) is 8.43. The number of H-pyrrole nitrogens is 1. The van der Waals surface area contributed by atoms with Gasteiger partial charge in [-0.3, -0.25) is 5.10 Å². The van der Waals surface area contributed by atoms with Crippen molar-refractivity contribution in [3.05, 3.63) is 12.4 Å². The molecule has 1 fully saturated rings. The third kappa shape index (κ3) is 3.23. The molecule has 2 rings (SSSR count). The summed E-state index contributed by atoms with van der Waals surface area (Å²) in [6.45, 7) is 0. The van der Waals surface area contributed by atoms with Crippen molar-refractivity contribution in [3.8, 4) is 0 Å². The summed E-state index contributed by atoms with van der Waals surface area (Å²) in [6.07, 6.45) is 8.84. The van der Waals surface area contributed by atoms with E-state index in [1.807, 2.05) is 11.8 Å². The maximum atomic E-state index is 11.9. The van der Waals surface area contributed by atoms with Gasteiger partial charge in [-0.2, -0.15) is 16.9 Å². The van der Waals surface area contributed by atoms with Crippen molar-refractivity contribution >= 4 is 21.8 Å². The van der Waals surface area contributed by atoms with Crippen molar-refractivity contribution in [2.24, 2.45) is 0 Å². The number of sulfonamides is 1. The van der Waals surface area contributed by atoms with Crippen LogP contribution in [-0.2, 0) is 10.0 Å². The van der Waals surface area contributed by atoms with Crippen LogP contribution in [0.4, 0.5) is 0 Å². The molecule has 1 aromatic rings. The summed E-state index contributed by atoms with van der Waals surface area (Å²) >= 11 is 1.87. The Morgan fingerprint density at radius 3 is 2.65 bits per heavy atom. The SMILES string of the molecule is CSC1CCC(NS(=O)(=O)c2cn[nH]c2)CC1. The van der Waals surface area contributed by atoms with Gasteiger partial charge in [-0.25, -0.2) is 13.1 Å². The lowest BCUT2D eigenvalue weighted by atomic mass is 9.96. The Hall–Kier alpha value is -0.530. The van der Waals surface area contributed by atoms with E-state index in [0.717, 1.165) is 25.7 Å². The van der Waals surface area contributed by atoms with E-state index in [1.165, 1.54) is 12.4 Å². The molecule has 96 valence electrons. The largest absolute Gasteiger partial charge is 0.284 e. The lowest BCUT2D eigenvalue weighted by Gasteiger charge is -2.27. The maximum Gasteiger partial charge on any atom is 0.243 e. The Morgan fingerprint density at radius 1 is 1.41 bits per heavy atom. The van der Waals surface area contributed by atoms with Gasteiger partial charge >= 0.3 is 0 Å². The second-order valence-corrected chi connectivity index (χ2v) is 7.12. The van der Waals surface area contributed by atoms with Crippen LogP contribution in [0.2, 0.25) is 0 Å². The average molecular weight is 275 g/mol. The van der Waals surface area contributed by atoms with Crippen LogP contribution in [-0.4, -0.2) is 36.2 Å². The fourth-order valence-corrected chi connectivity index (χ4v) is 4.04. The van der Waals surface area contributed by atoms with Crippen molar-refractivity contribution < 1.29 is 8.42 Å². The summed E-state index contributed by atoms with van der Waals surface area (Å²) in [6, 6.07) is 0.0679. The van der Waals surface area contributed by atoms with Gasteiger partial charge in [-0.1, -0.05) is 0 Å². The number of nitrogens with one attached hydrogen (secondary N) is 2. The molecule has 0 aliphatic heterocycles. The Kier molecular flexibility index (Phi) is 4.11. The highest BCUT2D eigenvalue weighted by Crippen LogP contribution is 2.27. The Morgan fingerprint density at radius 2 is 2.12 bits per heavy atom. The molecular weight excluding hydrogens is 258 g/mol. The first kappa shape index (κ1) is 12.9. The minimum absolute atomic E-state index is 0.0679. The monoisotopic (exact) mass is 275 g/mol. The van der Waals surface area contributed by atoms with Gasteiger partial charge in [0.2, 0.25) is 10.0 Å². The van der Waals surface area contributed by atoms with Crippen molar-refractivity contribution in [2.75, 3.05) is 6.26 Å². The van der Waals surface area contributed by atoms with Crippen LogP contribution in [0.15, 0.2) is 17.3 Å². The standard InChI is InChI=1S/C10H17N3O2S2/c1-16-9-4-2-8(3-5-9)13-17(14,15)10-6-11-12-7-10/h6-9,13H,2-5H2,1H3,(H,11,12). The normalized spacial score (nSPS) is 25.9. The molecule has 1 aliphatic carbocycles. The van der Waals surface area contributed by atoms with Gasteiger partial charge in [0.15, 0.2) is 0 Å². The van der Waals surface area contributed by atoms with Gasteiger partial charge < -0.3 is 0 Å². The molecule has 2 N–H and O–H groups in total. The zero-order chi connectivity index (χ0) is 12.3. The molecule has 1 heterocycles. The van der Waals surface area contributed by atoms with Gasteiger partial charge in [-0.05, 0) is 31.9 Å². The summed E-state index contributed by atoms with van der Waals surface area (Å²) in [5.41, 5.74) is 0. The number of aromatic nitrogens is 2. The van der Waals surface area contributed by atoms with E-state index in [-0.39, 0.29) is 10.9 Å². The van der Waals surface area contributed by atoms with Crippen molar-refractivity contribution in [2.45, 2.75) is 41.9 Å². The van der Waals surface area contributed by atoms with E-state index < -0.39 is 10.0 Å². The molecule has 17 heavy (non-hydrogen) atoms. The zero-order valence-corrected chi connectivity index (χ0v) is 11.4. The first-order chi connectivity index (χ1) is 8.12. The first-order valence-electron chi connectivity index (χ1n) is 5.66. The van der Waals surface area contributed by atoms with E-state index in [9.17, 15) is 8.42 Å². The van der Waals surface area contributed by atoms with Gasteiger partial charge in [0.1, 0.15) is 4.90 Å². The highest BCUT2D eigenvalue weighted by atomic mass is 32.2. The van der Waals surface area contributed by atoms with Crippen LogP contribution in [0.1, 0.15) is 25.7 Å². The molecule has 7 heteroatoms. The molecule has 0 amide bonds. The van der Waals surface area contributed by atoms with Gasteiger partial charge in [0.05, 0.1) is 6.20 Å². The van der Waals surface area contributed by atoms with Crippen molar-refractivity contribution in [3.63, 3.8) is 0 Å². The fourth-order valence-electron chi connectivity index (χ4n) is 2.09. The minimum atomic E-state index is -3.39. The topological polar surface area (TPSA) is 74.8 Å². The van der Waals surface area contributed by atoms with E-state index in [2.05, 4.69) is 21.2 Å². The number of thioether (sulfide) groups is 1. The highest BCUT2D eigenvalue weighted by molar-refractivity contribution is 7.99. The van der Waals surface area contributed by atoms with Crippen molar-refractivity contribution in [1.29, 1.82) is 0 Å². The van der Waals surface area contributed by atoms with Crippen LogP contribution in [0.25, 0.3) is 0 Å². The third-order valence-corrected chi connectivity index (χ3v) is 5.74. The van der Waals surface area contributed by atoms with Crippen LogP contribution >= 0.6 is 11.8 Å². The van der Waals surface area contributed by atoms with Crippen molar-refractivity contribution in [1.82, 2.24) is 14.9 Å². The summed E-state index contributed by atoms with van der Waals surface area (Å²) in [5, 5.41) is 6.86. The molecule has 0 unspecified atom stereocenters. The Labute approximate surface area is 106 Å². The second-order valence-electron chi connectivity index (χ2n) is 4.26. The lowest BCUT2D eigenvalue weighted by Crippen LogP contribution is -2.37. The number of hydrogen-bond acceptors (Lipinski definition) is 4. The maximum absolute atomic E-state index is 11.9. The van der Waals surface area contributed by atoms with E-state index in [1.54, 1.807) is 0 Å². The number of aromatic amines is 1. The molecule has 0 saturated heterocycles. The molecular formula is C10H17N3O2S2. The van der Waals surface area contributed by atoms with E-state index in [0.29, 0.717) is 5.25 Å². The summed E-state index contributed by atoms with van der Waals surface area (Å²) in [7, 11) is -3.39. The zero-order valence-electron chi connectivity index (χ0n) is 9.72. The lowest BCUT2D eigenvalue weighted by molar-refractivity contribution is 0.420. The number of nitrogens with zero attached hydrogens (tertiary/aromatic N) is 1. The Balaban J connectivity index is 1.94. The van der Waals surface area contributed by atoms with Crippen LogP contribution in [0.3, 0.4) is 0 Å². The predicted molar refractivity (Wildman–Crippen MR) is 68.5 cm³/mol. The third-order valence-electron chi connectivity index (χ3n) is 3.11. The number of hydrogen-bond donors (Lipinski definition) is 2. The van der Waals surface area contributed by atoms with Gasteiger partial charge in [0, 0.05) is 17.5 Å². The summed E-state index contributed by atoms with van der Waals surface area (Å²) in [5.74, 6) is 0. The molecule has 0 radical (unpaired) electrons. The number of rotatable bonds is 4. The molecule has 1 saturated carbocycles. The average Bonchev–Trinajstić information content (AvgIpc) is 2.84. The molecule has 0 spiro atoms. The molecule has 1 aromatic heterocycles. The summed E-state index contributed by atoms with van der Waals surface area (Å²) in [4.78, 5) is 0.212. The minimum Gasteiger partial charge on any atom is -0.284 e. The second kappa shape index (κ2) is 5.41. The smallest absolute Gasteiger partial charge is 0.243 e. The quantitative estimate of drug-likeness (QED) is 0.870.